The average Bonchev–Trinajstić information content (AvgIpc) is 2.54. The van der Waals surface area contributed by atoms with E-state index in [4.69, 9.17) is 15.3 Å². The minimum Gasteiger partial charge on any atom is -0.396 e. The van der Waals surface area contributed by atoms with Gasteiger partial charge in [-0.05, 0) is 25.0 Å². The summed E-state index contributed by atoms with van der Waals surface area (Å²) in [6.45, 7) is 3.12. The Labute approximate surface area is 128 Å². The van der Waals surface area contributed by atoms with Crippen molar-refractivity contribution in [1.29, 1.82) is 0 Å². The molecule has 0 atom stereocenters. The van der Waals surface area contributed by atoms with Crippen LogP contribution in [0.5, 0.6) is 0 Å². The van der Waals surface area contributed by atoms with E-state index in [2.05, 4.69) is 9.98 Å². The Kier molecular flexibility index (Phi) is 9.54. The number of carbonyl (C=O) groups excluding carboxylic acids is 2. The first-order valence-corrected chi connectivity index (χ1v) is 6.62. The number of aliphatic hydroxyl groups is 3. The SMILES string of the molecule is CCC(CO)(CO)CO.Cc1cccc(N=C=O)c1N=C=O. The molecule has 0 fully saturated rings. The third kappa shape index (κ3) is 5.69. The molecule has 22 heavy (non-hydrogen) atoms. The fourth-order valence-corrected chi connectivity index (χ4v) is 1.46. The van der Waals surface area contributed by atoms with Gasteiger partial charge in [0.2, 0.25) is 12.2 Å². The largest absolute Gasteiger partial charge is 0.396 e. The van der Waals surface area contributed by atoms with E-state index in [1.165, 1.54) is 12.2 Å². The fourth-order valence-electron chi connectivity index (χ4n) is 1.46. The first-order chi connectivity index (χ1) is 10.5. The highest BCUT2D eigenvalue weighted by molar-refractivity contribution is 5.71. The molecule has 0 bridgehead atoms. The molecule has 120 valence electrons. The molecule has 0 aromatic heterocycles. The van der Waals surface area contributed by atoms with Crippen LogP contribution in [0.25, 0.3) is 0 Å². The van der Waals surface area contributed by atoms with Crippen LogP contribution in [0.4, 0.5) is 11.4 Å². The lowest BCUT2D eigenvalue weighted by molar-refractivity contribution is 0.00304. The molecule has 0 aliphatic heterocycles. The number of nitrogens with zero attached hydrogens (tertiary/aromatic N) is 2. The summed E-state index contributed by atoms with van der Waals surface area (Å²) >= 11 is 0. The number of rotatable bonds is 6. The van der Waals surface area contributed by atoms with E-state index < -0.39 is 5.41 Å². The quantitative estimate of drug-likeness (QED) is 0.540. The van der Waals surface area contributed by atoms with Crippen molar-refractivity contribution in [2.24, 2.45) is 15.4 Å². The van der Waals surface area contributed by atoms with E-state index in [1.807, 2.05) is 6.92 Å². The van der Waals surface area contributed by atoms with Gasteiger partial charge in [-0.1, -0.05) is 19.1 Å². The van der Waals surface area contributed by atoms with Crippen LogP contribution in [0.1, 0.15) is 18.9 Å². The Morgan fingerprint density at radius 2 is 1.59 bits per heavy atom. The summed E-state index contributed by atoms with van der Waals surface area (Å²) in [5.41, 5.74) is 0.791. The van der Waals surface area contributed by atoms with Gasteiger partial charge in [0, 0.05) is 5.41 Å². The lowest BCUT2D eigenvalue weighted by Gasteiger charge is -2.24. The zero-order valence-electron chi connectivity index (χ0n) is 12.6. The number of aliphatic hydroxyl groups excluding tert-OH is 3. The summed E-state index contributed by atoms with van der Waals surface area (Å²) in [6, 6.07) is 5.06. The standard InChI is InChI=1S/C9H6N2O2.C6H14O3/c1-7-3-2-4-8(10-5-12)9(7)11-6-13;1-2-6(3-7,4-8)5-9/h2-4H,1H3;7-9H,2-5H2,1H3. The third-order valence-corrected chi connectivity index (χ3v) is 3.30. The van der Waals surface area contributed by atoms with Crippen LogP contribution in [0.2, 0.25) is 0 Å². The van der Waals surface area contributed by atoms with E-state index in [9.17, 15) is 9.59 Å². The Hall–Kier alpha value is -2.14. The molecule has 3 N–H and O–H groups in total. The second-order valence-electron chi connectivity index (χ2n) is 4.68. The lowest BCUT2D eigenvalue weighted by atomic mass is 9.88. The maximum absolute atomic E-state index is 10.1. The Bertz CT molecular complexity index is 540. The van der Waals surface area contributed by atoms with Crippen molar-refractivity contribution in [2.45, 2.75) is 20.3 Å². The highest BCUT2D eigenvalue weighted by atomic mass is 16.3. The van der Waals surface area contributed by atoms with Gasteiger partial charge in [-0.25, -0.2) is 9.59 Å². The molecule has 0 amide bonds. The molecule has 1 aromatic carbocycles. The Morgan fingerprint density at radius 3 is 1.95 bits per heavy atom. The van der Waals surface area contributed by atoms with Gasteiger partial charge in [0.15, 0.2) is 0 Å². The number of benzene rings is 1. The lowest BCUT2D eigenvalue weighted by Crippen LogP contribution is -2.32. The Balaban J connectivity index is 0.000000433. The summed E-state index contributed by atoms with van der Waals surface area (Å²) in [7, 11) is 0. The van der Waals surface area contributed by atoms with Gasteiger partial charge >= 0.3 is 0 Å². The summed E-state index contributed by atoms with van der Waals surface area (Å²) < 4.78 is 0. The van der Waals surface area contributed by atoms with Gasteiger partial charge in [0.1, 0.15) is 11.4 Å². The first-order valence-electron chi connectivity index (χ1n) is 6.62. The summed E-state index contributed by atoms with van der Waals surface area (Å²) in [6.07, 6.45) is 3.40. The molecule has 7 heteroatoms. The van der Waals surface area contributed by atoms with Crippen LogP contribution in [-0.4, -0.2) is 47.3 Å². The first kappa shape index (κ1) is 19.9. The molecule has 0 aliphatic carbocycles. The second kappa shape index (κ2) is 10.6. The molecule has 0 radical (unpaired) electrons. The molecule has 1 aromatic rings. The predicted octanol–water partition coefficient (Wildman–Crippen LogP) is 1.29. The highest BCUT2D eigenvalue weighted by Crippen LogP contribution is 2.30. The van der Waals surface area contributed by atoms with Gasteiger partial charge in [-0.3, -0.25) is 0 Å². The second-order valence-corrected chi connectivity index (χ2v) is 4.68. The van der Waals surface area contributed by atoms with Crippen molar-refractivity contribution in [2.75, 3.05) is 19.8 Å². The molecule has 1 rings (SSSR count). The predicted molar refractivity (Wildman–Crippen MR) is 80.7 cm³/mol. The van der Waals surface area contributed by atoms with Crippen molar-refractivity contribution in [3.63, 3.8) is 0 Å². The number of aliphatic imine (C=N–C) groups is 2. The van der Waals surface area contributed by atoms with Gasteiger partial charge in [-0.15, -0.1) is 0 Å². The number of aryl methyl sites for hydroxylation is 1. The molecular formula is C15H20N2O5. The van der Waals surface area contributed by atoms with Crippen molar-refractivity contribution >= 4 is 23.5 Å². The van der Waals surface area contributed by atoms with E-state index in [1.54, 1.807) is 25.1 Å². The van der Waals surface area contributed by atoms with E-state index in [0.29, 0.717) is 17.8 Å². The Morgan fingerprint density at radius 1 is 1.05 bits per heavy atom. The van der Waals surface area contributed by atoms with Gasteiger partial charge in [0.25, 0.3) is 0 Å². The van der Waals surface area contributed by atoms with Crippen LogP contribution in [0.3, 0.4) is 0 Å². The summed E-state index contributed by atoms with van der Waals surface area (Å²) in [4.78, 5) is 26.9. The zero-order valence-corrected chi connectivity index (χ0v) is 12.6. The molecule has 0 spiro atoms. The molecule has 0 unspecified atom stereocenters. The normalized spacial score (nSPS) is 9.86. The fraction of sp³-hybridized carbons (Fsp3) is 0.467. The van der Waals surface area contributed by atoms with E-state index in [0.717, 1.165) is 5.56 Å². The molecule has 7 nitrogen and oxygen atoms in total. The monoisotopic (exact) mass is 308 g/mol. The van der Waals surface area contributed by atoms with Gasteiger partial charge in [-0.2, -0.15) is 9.98 Å². The molecule has 0 heterocycles. The van der Waals surface area contributed by atoms with Gasteiger partial charge in [0.05, 0.1) is 19.8 Å². The van der Waals surface area contributed by atoms with Crippen LogP contribution in [-0.2, 0) is 9.59 Å². The van der Waals surface area contributed by atoms with Gasteiger partial charge < -0.3 is 15.3 Å². The van der Waals surface area contributed by atoms with E-state index >= 15 is 0 Å². The van der Waals surface area contributed by atoms with E-state index in [-0.39, 0.29) is 19.8 Å². The zero-order chi connectivity index (χ0) is 17.0. The number of para-hydroxylation sites is 1. The van der Waals surface area contributed by atoms with Crippen molar-refractivity contribution in [3.05, 3.63) is 23.8 Å². The summed E-state index contributed by atoms with van der Waals surface area (Å²) in [5.74, 6) is 0. The molecule has 0 aliphatic rings. The molecule has 0 saturated heterocycles. The van der Waals surface area contributed by atoms with Crippen LogP contribution in [0, 0.1) is 12.3 Å². The maximum atomic E-state index is 10.1. The van der Waals surface area contributed by atoms with Crippen molar-refractivity contribution in [1.82, 2.24) is 0 Å². The topological polar surface area (TPSA) is 120 Å². The maximum Gasteiger partial charge on any atom is 0.240 e. The molecular weight excluding hydrogens is 288 g/mol. The minimum absolute atomic E-state index is 0.156. The average molecular weight is 308 g/mol. The molecule has 0 saturated carbocycles. The number of isocyanates is 2. The summed E-state index contributed by atoms with van der Waals surface area (Å²) in [5, 5.41) is 26.0. The van der Waals surface area contributed by atoms with Crippen molar-refractivity contribution < 1.29 is 24.9 Å². The van der Waals surface area contributed by atoms with Crippen molar-refractivity contribution in [3.8, 4) is 0 Å². The third-order valence-electron chi connectivity index (χ3n) is 3.30. The minimum atomic E-state index is -0.667. The van der Waals surface area contributed by atoms with Crippen LogP contribution < -0.4 is 0 Å². The number of hydrogen-bond donors (Lipinski definition) is 3. The van der Waals surface area contributed by atoms with Crippen LogP contribution in [0.15, 0.2) is 28.2 Å². The smallest absolute Gasteiger partial charge is 0.240 e. The van der Waals surface area contributed by atoms with Crippen LogP contribution >= 0.6 is 0 Å². The number of hydrogen-bond acceptors (Lipinski definition) is 7. The highest BCUT2D eigenvalue weighted by Gasteiger charge is 2.24.